The highest BCUT2D eigenvalue weighted by Gasteiger charge is 2.24. The number of aryl methyl sites for hydroxylation is 1. The summed E-state index contributed by atoms with van der Waals surface area (Å²) in [6.07, 6.45) is 0.875. The maximum absolute atomic E-state index is 12.4. The molecule has 1 fully saturated rings. The fourth-order valence-electron chi connectivity index (χ4n) is 2.56. The number of halogens is 1. The maximum Gasteiger partial charge on any atom is 0.254 e. The van der Waals surface area contributed by atoms with E-state index in [0.29, 0.717) is 36.5 Å². The van der Waals surface area contributed by atoms with Gasteiger partial charge in [-0.1, -0.05) is 11.6 Å². The van der Waals surface area contributed by atoms with Crippen LogP contribution in [0.1, 0.15) is 28.8 Å². The molecule has 0 aromatic heterocycles. The Hall–Kier alpha value is -1.59. The topological polar surface area (TPSA) is 60.9 Å². The van der Waals surface area contributed by atoms with E-state index in [1.54, 1.807) is 30.1 Å². The largest absolute Gasteiger partial charge is 0.393 e. The molecule has 1 saturated heterocycles. The van der Waals surface area contributed by atoms with Crippen LogP contribution in [0.25, 0.3) is 0 Å². The highest BCUT2D eigenvalue weighted by molar-refractivity contribution is 6.30. The standard InChI is InChI=1S/C16H21ClN2O3/c1-11-9-12(17)3-4-14(11)16(22)18(2)10-15(21)19-7-5-13(20)6-8-19/h3-4,9,13,20H,5-8,10H2,1-2H3. The van der Waals surface area contributed by atoms with E-state index in [2.05, 4.69) is 0 Å². The van der Waals surface area contributed by atoms with Crippen LogP contribution in [0.5, 0.6) is 0 Å². The summed E-state index contributed by atoms with van der Waals surface area (Å²) in [6, 6.07) is 5.08. The molecular formula is C16H21ClN2O3. The van der Waals surface area contributed by atoms with Crippen molar-refractivity contribution in [2.24, 2.45) is 0 Å². The zero-order valence-electron chi connectivity index (χ0n) is 12.9. The monoisotopic (exact) mass is 324 g/mol. The van der Waals surface area contributed by atoms with E-state index in [4.69, 9.17) is 11.6 Å². The maximum atomic E-state index is 12.4. The molecule has 22 heavy (non-hydrogen) atoms. The van der Waals surface area contributed by atoms with Crippen molar-refractivity contribution in [2.75, 3.05) is 26.7 Å². The molecule has 6 heteroatoms. The lowest BCUT2D eigenvalue weighted by molar-refractivity contribution is -0.133. The second kappa shape index (κ2) is 7.11. The zero-order chi connectivity index (χ0) is 16.3. The molecule has 0 unspecified atom stereocenters. The number of hydrogen-bond donors (Lipinski definition) is 1. The van der Waals surface area contributed by atoms with Crippen LogP contribution in [-0.2, 0) is 4.79 Å². The number of piperidine rings is 1. The number of likely N-dealkylation sites (N-methyl/N-ethyl adjacent to an activating group) is 1. The second-order valence-corrected chi connectivity index (χ2v) is 6.17. The minimum atomic E-state index is -0.319. The number of nitrogens with zero attached hydrogens (tertiary/aromatic N) is 2. The summed E-state index contributed by atoms with van der Waals surface area (Å²) in [7, 11) is 1.62. The molecule has 2 amide bonds. The fourth-order valence-corrected chi connectivity index (χ4v) is 2.79. The van der Waals surface area contributed by atoms with Gasteiger partial charge in [-0.3, -0.25) is 9.59 Å². The van der Waals surface area contributed by atoms with Crippen molar-refractivity contribution in [1.29, 1.82) is 0 Å². The van der Waals surface area contributed by atoms with Gasteiger partial charge in [0.15, 0.2) is 0 Å². The molecule has 0 saturated carbocycles. The second-order valence-electron chi connectivity index (χ2n) is 5.73. The van der Waals surface area contributed by atoms with E-state index < -0.39 is 0 Å². The normalized spacial score (nSPS) is 15.7. The van der Waals surface area contributed by atoms with E-state index in [1.165, 1.54) is 4.90 Å². The van der Waals surface area contributed by atoms with E-state index in [1.807, 2.05) is 6.92 Å². The van der Waals surface area contributed by atoms with E-state index in [0.717, 1.165) is 5.56 Å². The van der Waals surface area contributed by atoms with Gasteiger partial charge in [0.05, 0.1) is 12.6 Å². The molecule has 120 valence electrons. The molecule has 1 aromatic carbocycles. The molecule has 1 heterocycles. The minimum absolute atomic E-state index is 0.0387. The summed E-state index contributed by atoms with van der Waals surface area (Å²) < 4.78 is 0. The smallest absolute Gasteiger partial charge is 0.254 e. The Morgan fingerprint density at radius 3 is 2.59 bits per heavy atom. The average molecular weight is 325 g/mol. The molecule has 1 N–H and O–H groups in total. The lowest BCUT2D eigenvalue weighted by atomic mass is 10.1. The van der Waals surface area contributed by atoms with Crippen molar-refractivity contribution in [1.82, 2.24) is 9.80 Å². The van der Waals surface area contributed by atoms with Crippen molar-refractivity contribution in [3.63, 3.8) is 0 Å². The fraction of sp³-hybridized carbons (Fsp3) is 0.500. The highest BCUT2D eigenvalue weighted by Crippen LogP contribution is 2.17. The molecule has 1 aliphatic rings. The Balaban J connectivity index is 1.97. The van der Waals surface area contributed by atoms with Crippen LogP contribution in [0, 0.1) is 6.92 Å². The number of hydrogen-bond acceptors (Lipinski definition) is 3. The Kier molecular flexibility index (Phi) is 5.42. The van der Waals surface area contributed by atoms with Crippen LogP contribution in [-0.4, -0.2) is 59.5 Å². The molecular weight excluding hydrogens is 304 g/mol. The van der Waals surface area contributed by atoms with Crippen LogP contribution >= 0.6 is 11.6 Å². The first-order valence-electron chi connectivity index (χ1n) is 7.36. The van der Waals surface area contributed by atoms with Crippen molar-refractivity contribution >= 4 is 23.4 Å². The molecule has 1 aromatic rings. The molecule has 0 bridgehead atoms. The summed E-state index contributed by atoms with van der Waals surface area (Å²) in [5.74, 6) is -0.283. The number of likely N-dealkylation sites (tertiary alicyclic amines) is 1. The van der Waals surface area contributed by atoms with Gasteiger partial charge in [0.25, 0.3) is 5.91 Å². The van der Waals surface area contributed by atoms with Crippen molar-refractivity contribution in [2.45, 2.75) is 25.9 Å². The van der Waals surface area contributed by atoms with Gasteiger partial charge in [-0.05, 0) is 43.5 Å². The molecule has 5 nitrogen and oxygen atoms in total. The van der Waals surface area contributed by atoms with E-state index >= 15 is 0 Å². The average Bonchev–Trinajstić information content (AvgIpc) is 2.47. The molecule has 2 rings (SSSR count). The van der Waals surface area contributed by atoms with Crippen LogP contribution in [0.3, 0.4) is 0 Å². The van der Waals surface area contributed by atoms with Crippen molar-refractivity contribution < 1.29 is 14.7 Å². The first-order chi connectivity index (χ1) is 10.4. The summed E-state index contributed by atoms with van der Waals surface area (Å²) in [6.45, 7) is 2.95. The zero-order valence-corrected chi connectivity index (χ0v) is 13.6. The van der Waals surface area contributed by atoms with Crippen molar-refractivity contribution in [3.05, 3.63) is 34.3 Å². The highest BCUT2D eigenvalue weighted by atomic mass is 35.5. The first kappa shape index (κ1) is 16.8. The van der Waals surface area contributed by atoms with Gasteiger partial charge >= 0.3 is 0 Å². The third-order valence-electron chi connectivity index (χ3n) is 3.96. The van der Waals surface area contributed by atoms with Crippen LogP contribution in [0.4, 0.5) is 0 Å². The molecule has 0 radical (unpaired) electrons. The number of aliphatic hydroxyl groups is 1. The lowest BCUT2D eigenvalue weighted by Gasteiger charge is -2.31. The summed E-state index contributed by atoms with van der Waals surface area (Å²) >= 11 is 5.89. The Bertz CT molecular complexity index is 569. The number of aliphatic hydroxyl groups excluding tert-OH is 1. The Morgan fingerprint density at radius 1 is 1.36 bits per heavy atom. The number of benzene rings is 1. The lowest BCUT2D eigenvalue weighted by Crippen LogP contribution is -2.45. The SMILES string of the molecule is Cc1cc(Cl)ccc1C(=O)N(C)CC(=O)N1CCC(O)CC1. The predicted octanol–water partition coefficient (Wildman–Crippen LogP) is 1.70. The molecule has 0 aliphatic carbocycles. The third kappa shape index (κ3) is 3.99. The number of carbonyl (C=O) groups is 2. The summed E-state index contributed by atoms with van der Waals surface area (Å²) in [5.41, 5.74) is 1.34. The number of amides is 2. The van der Waals surface area contributed by atoms with Gasteiger partial charge in [-0.25, -0.2) is 0 Å². The molecule has 1 aliphatic heterocycles. The van der Waals surface area contributed by atoms with Gasteiger partial charge in [0.1, 0.15) is 0 Å². The van der Waals surface area contributed by atoms with Crippen LogP contribution < -0.4 is 0 Å². The molecule has 0 spiro atoms. The third-order valence-corrected chi connectivity index (χ3v) is 4.19. The summed E-state index contributed by atoms with van der Waals surface area (Å²) in [5, 5.41) is 10.1. The van der Waals surface area contributed by atoms with Gasteiger partial charge in [0.2, 0.25) is 5.91 Å². The first-order valence-corrected chi connectivity index (χ1v) is 7.73. The number of rotatable bonds is 3. The van der Waals surface area contributed by atoms with Crippen molar-refractivity contribution in [3.8, 4) is 0 Å². The predicted molar refractivity (Wildman–Crippen MR) is 85.0 cm³/mol. The van der Waals surface area contributed by atoms with E-state index in [9.17, 15) is 14.7 Å². The minimum Gasteiger partial charge on any atom is -0.393 e. The van der Waals surface area contributed by atoms with Gasteiger partial charge < -0.3 is 14.9 Å². The van der Waals surface area contributed by atoms with Gasteiger partial charge in [0, 0.05) is 30.7 Å². The van der Waals surface area contributed by atoms with Gasteiger partial charge in [-0.15, -0.1) is 0 Å². The number of carbonyl (C=O) groups excluding carboxylic acids is 2. The summed E-state index contributed by atoms with van der Waals surface area (Å²) in [4.78, 5) is 27.8. The Morgan fingerprint density at radius 2 is 2.00 bits per heavy atom. The van der Waals surface area contributed by atoms with Gasteiger partial charge in [-0.2, -0.15) is 0 Å². The quantitative estimate of drug-likeness (QED) is 0.920. The van der Waals surface area contributed by atoms with E-state index in [-0.39, 0.29) is 24.5 Å². The van der Waals surface area contributed by atoms with Crippen LogP contribution in [0.2, 0.25) is 5.02 Å². The van der Waals surface area contributed by atoms with Crippen LogP contribution in [0.15, 0.2) is 18.2 Å². The molecule has 0 atom stereocenters. The Labute approximate surface area is 135 Å².